The molecule has 1 aromatic rings. The summed E-state index contributed by atoms with van der Waals surface area (Å²) in [5.41, 5.74) is 0.958. The van der Waals surface area contributed by atoms with E-state index in [2.05, 4.69) is 10.9 Å². The molecule has 0 aliphatic carbocycles. The lowest BCUT2D eigenvalue weighted by Gasteiger charge is -1.88. The van der Waals surface area contributed by atoms with Gasteiger partial charge in [-0.15, -0.1) is 12.3 Å². The van der Waals surface area contributed by atoms with Gasteiger partial charge in [0.15, 0.2) is 0 Å². The first-order valence-electron chi connectivity index (χ1n) is 2.77. The van der Waals surface area contributed by atoms with E-state index in [9.17, 15) is 0 Å². The normalized spacial score (nSPS) is 8.33. The lowest BCUT2D eigenvalue weighted by molar-refractivity contribution is 1.13. The standard InChI is InChI=1S/C8H7N/c1-2-5-8-6-3-4-7-9-8/h1,3-4,6-7H,5H2. The fourth-order valence-corrected chi connectivity index (χ4v) is 0.607. The van der Waals surface area contributed by atoms with Gasteiger partial charge >= 0.3 is 0 Å². The van der Waals surface area contributed by atoms with Crippen LogP contribution in [0.15, 0.2) is 24.4 Å². The van der Waals surface area contributed by atoms with Crippen molar-refractivity contribution in [2.24, 2.45) is 0 Å². The van der Waals surface area contributed by atoms with Crippen LogP contribution < -0.4 is 0 Å². The van der Waals surface area contributed by atoms with Gasteiger partial charge in [0.25, 0.3) is 0 Å². The lowest BCUT2D eigenvalue weighted by atomic mass is 10.3. The van der Waals surface area contributed by atoms with Crippen molar-refractivity contribution in [2.45, 2.75) is 6.42 Å². The first-order valence-corrected chi connectivity index (χ1v) is 2.77. The van der Waals surface area contributed by atoms with Crippen molar-refractivity contribution in [1.29, 1.82) is 0 Å². The molecule has 9 heavy (non-hydrogen) atoms. The number of nitrogens with zero attached hydrogens (tertiary/aromatic N) is 1. The van der Waals surface area contributed by atoms with Crippen LogP contribution in [-0.2, 0) is 6.42 Å². The summed E-state index contributed by atoms with van der Waals surface area (Å²) in [6, 6.07) is 5.72. The Hall–Kier alpha value is -1.29. The van der Waals surface area contributed by atoms with E-state index >= 15 is 0 Å². The van der Waals surface area contributed by atoms with Gasteiger partial charge in [0.1, 0.15) is 0 Å². The summed E-state index contributed by atoms with van der Waals surface area (Å²) in [6.07, 6.45) is 7.44. The van der Waals surface area contributed by atoms with Crippen molar-refractivity contribution in [3.05, 3.63) is 30.1 Å². The first-order chi connectivity index (χ1) is 4.43. The quantitative estimate of drug-likeness (QED) is 0.504. The van der Waals surface area contributed by atoms with Crippen LogP contribution in [0.3, 0.4) is 0 Å². The monoisotopic (exact) mass is 117 g/mol. The van der Waals surface area contributed by atoms with Crippen molar-refractivity contribution in [3.8, 4) is 12.3 Å². The number of hydrogen-bond acceptors (Lipinski definition) is 1. The Morgan fingerprint density at radius 2 is 2.44 bits per heavy atom. The summed E-state index contributed by atoms with van der Waals surface area (Å²) in [5.74, 6) is 2.52. The third-order valence-electron chi connectivity index (χ3n) is 1.01. The van der Waals surface area contributed by atoms with Crippen molar-refractivity contribution in [1.82, 2.24) is 4.98 Å². The second-order valence-electron chi connectivity index (χ2n) is 1.70. The zero-order valence-electron chi connectivity index (χ0n) is 5.04. The Labute approximate surface area is 54.7 Å². The van der Waals surface area contributed by atoms with Crippen molar-refractivity contribution in [2.75, 3.05) is 0 Å². The zero-order valence-corrected chi connectivity index (χ0v) is 5.04. The summed E-state index contributed by atoms with van der Waals surface area (Å²) in [5, 5.41) is 0. The molecule has 1 aromatic heterocycles. The maximum absolute atomic E-state index is 5.07. The molecule has 1 heterocycles. The van der Waals surface area contributed by atoms with E-state index in [4.69, 9.17) is 6.42 Å². The molecule has 0 N–H and O–H groups in total. The fraction of sp³-hybridized carbons (Fsp3) is 0.125. The van der Waals surface area contributed by atoms with Gasteiger partial charge < -0.3 is 0 Å². The number of pyridine rings is 1. The Balaban J connectivity index is 2.76. The second-order valence-corrected chi connectivity index (χ2v) is 1.70. The van der Waals surface area contributed by atoms with Crippen LogP contribution in [0.5, 0.6) is 0 Å². The maximum Gasteiger partial charge on any atom is 0.0522 e. The van der Waals surface area contributed by atoms with Crippen LogP contribution in [0.1, 0.15) is 5.69 Å². The molecule has 1 heteroatoms. The number of rotatable bonds is 1. The molecule has 0 fully saturated rings. The van der Waals surface area contributed by atoms with Crippen molar-refractivity contribution >= 4 is 0 Å². The molecule has 0 aliphatic heterocycles. The molecule has 0 atom stereocenters. The summed E-state index contributed by atoms with van der Waals surface area (Å²) in [6.45, 7) is 0. The molecule has 44 valence electrons. The molecule has 1 rings (SSSR count). The van der Waals surface area contributed by atoms with Gasteiger partial charge in [-0.1, -0.05) is 6.07 Å². The van der Waals surface area contributed by atoms with E-state index in [1.54, 1.807) is 6.20 Å². The van der Waals surface area contributed by atoms with Crippen LogP contribution in [-0.4, -0.2) is 4.98 Å². The van der Waals surface area contributed by atoms with E-state index in [0.29, 0.717) is 6.42 Å². The maximum atomic E-state index is 5.07. The molecule has 0 bridgehead atoms. The number of aromatic nitrogens is 1. The third-order valence-corrected chi connectivity index (χ3v) is 1.01. The molecule has 0 aromatic carbocycles. The molecule has 0 spiro atoms. The molecular weight excluding hydrogens is 110 g/mol. The van der Waals surface area contributed by atoms with Gasteiger partial charge in [-0.05, 0) is 12.1 Å². The lowest BCUT2D eigenvalue weighted by Crippen LogP contribution is -1.83. The molecule has 0 radical (unpaired) electrons. The van der Waals surface area contributed by atoms with Crippen LogP contribution in [0.2, 0.25) is 0 Å². The average Bonchev–Trinajstić information content (AvgIpc) is 1.91. The minimum absolute atomic E-state index is 0.626. The summed E-state index contributed by atoms with van der Waals surface area (Å²) in [7, 11) is 0. The van der Waals surface area contributed by atoms with Gasteiger partial charge in [0.2, 0.25) is 0 Å². The average molecular weight is 117 g/mol. The topological polar surface area (TPSA) is 12.9 Å². The number of hydrogen-bond donors (Lipinski definition) is 0. The second kappa shape index (κ2) is 2.88. The highest BCUT2D eigenvalue weighted by atomic mass is 14.7. The third kappa shape index (κ3) is 1.58. The molecular formula is C8H7N. The fourth-order valence-electron chi connectivity index (χ4n) is 0.607. The zero-order chi connectivity index (χ0) is 6.53. The van der Waals surface area contributed by atoms with Crippen LogP contribution in [0, 0.1) is 12.3 Å². The highest BCUT2D eigenvalue weighted by Crippen LogP contribution is 1.91. The Morgan fingerprint density at radius 1 is 1.56 bits per heavy atom. The summed E-state index contributed by atoms with van der Waals surface area (Å²) in [4.78, 5) is 4.03. The van der Waals surface area contributed by atoms with E-state index in [0.717, 1.165) is 5.69 Å². The SMILES string of the molecule is C#CCc1ccccn1. The highest BCUT2D eigenvalue weighted by Gasteiger charge is 1.84. The molecule has 0 amide bonds. The van der Waals surface area contributed by atoms with Crippen LogP contribution >= 0.6 is 0 Å². The predicted octanol–water partition coefficient (Wildman–Crippen LogP) is 1.26. The molecule has 0 unspecified atom stereocenters. The van der Waals surface area contributed by atoms with Crippen LogP contribution in [0.4, 0.5) is 0 Å². The minimum Gasteiger partial charge on any atom is -0.260 e. The van der Waals surface area contributed by atoms with E-state index in [-0.39, 0.29) is 0 Å². The van der Waals surface area contributed by atoms with Crippen molar-refractivity contribution < 1.29 is 0 Å². The Bertz CT molecular complexity index is 208. The van der Waals surface area contributed by atoms with Crippen LogP contribution in [0.25, 0.3) is 0 Å². The Kier molecular flexibility index (Phi) is 1.87. The smallest absolute Gasteiger partial charge is 0.0522 e. The molecule has 0 aliphatic rings. The number of terminal acetylenes is 1. The van der Waals surface area contributed by atoms with E-state index in [1.165, 1.54) is 0 Å². The van der Waals surface area contributed by atoms with Gasteiger partial charge in [-0.25, -0.2) is 0 Å². The van der Waals surface area contributed by atoms with Gasteiger partial charge in [0, 0.05) is 6.20 Å². The molecule has 1 nitrogen and oxygen atoms in total. The largest absolute Gasteiger partial charge is 0.260 e. The first kappa shape index (κ1) is 5.84. The van der Waals surface area contributed by atoms with Gasteiger partial charge in [-0.3, -0.25) is 4.98 Å². The Morgan fingerprint density at radius 3 is 3.00 bits per heavy atom. The predicted molar refractivity (Wildman–Crippen MR) is 36.8 cm³/mol. The van der Waals surface area contributed by atoms with Crippen molar-refractivity contribution in [3.63, 3.8) is 0 Å². The van der Waals surface area contributed by atoms with Gasteiger partial charge in [0.05, 0.1) is 12.1 Å². The molecule has 0 saturated heterocycles. The molecule has 0 saturated carbocycles. The minimum atomic E-state index is 0.626. The highest BCUT2D eigenvalue weighted by molar-refractivity contribution is 5.09. The summed E-state index contributed by atoms with van der Waals surface area (Å²) < 4.78 is 0. The van der Waals surface area contributed by atoms with Gasteiger partial charge in [-0.2, -0.15) is 0 Å². The summed E-state index contributed by atoms with van der Waals surface area (Å²) >= 11 is 0. The van der Waals surface area contributed by atoms with E-state index < -0.39 is 0 Å². The van der Waals surface area contributed by atoms with E-state index in [1.807, 2.05) is 18.2 Å².